The van der Waals surface area contributed by atoms with Crippen molar-refractivity contribution in [3.05, 3.63) is 77.9 Å². The largest absolute Gasteiger partial charge is 0.573 e. The van der Waals surface area contributed by atoms with Crippen LogP contribution in [0.3, 0.4) is 0 Å². The number of aromatic amines is 1. The molecule has 0 aliphatic rings. The van der Waals surface area contributed by atoms with Crippen LogP contribution in [0.25, 0.3) is 22.0 Å². The Labute approximate surface area is 173 Å². The Morgan fingerprint density at radius 2 is 1.81 bits per heavy atom. The molecule has 3 aromatic carbocycles. The molecule has 6 nitrogen and oxygen atoms in total. The number of carbonyl (C=O) groups is 1. The first-order valence-electron chi connectivity index (χ1n) is 8.98. The van der Waals surface area contributed by atoms with Gasteiger partial charge in [-0.15, -0.1) is 13.2 Å². The van der Waals surface area contributed by atoms with Crippen molar-refractivity contribution in [2.75, 3.05) is 5.32 Å². The van der Waals surface area contributed by atoms with Gasteiger partial charge < -0.3 is 10.1 Å². The number of amides is 1. The molecule has 0 bridgehead atoms. The van der Waals surface area contributed by atoms with E-state index in [1.165, 1.54) is 24.3 Å². The Hall–Kier alpha value is -4.32. The van der Waals surface area contributed by atoms with Crippen molar-refractivity contribution in [1.82, 2.24) is 10.2 Å². The number of H-pyrrole nitrogens is 1. The number of alkyl halides is 3. The molecule has 0 atom stereocenters. The first kappa shape index (κ1) is 20.0. The van der Waals surface area contributed by atoms with E-state index in [9.17, 15) is 18.0 Å². The van der Waals surface area contributed by atoms with Crippen molar-refractivity contribution in [1.29, 1.82) is 5.26 Å². The fraction of sp³-hybridized carbons (Fsp3) is 0.0455. The molecule has 0 spiro atoms. The van der Waals surface area contributed by atoms with Crippen LogP contribution in [0, 0.1) is 11.3 Å². The molecule has 1 aromatic heterocycles. The van der Waals surface area contributed by atoms with Gasteiger partial charge in [-0.1, -0.05) is 24.3 Å². The summed E-state index contributed by atoms with van der Waals surface area (Å²) in [5.41, 5.74) is 2.43. The number of fused-ring (bicyclic) bond motifs is 1. The summed E-state index contributed by atoms with van der Waals surface area (Å²) in [5.74, 6) is -0.447. The number of nitrogens with one attached hydrogen (secondary N) is 2. The van der Waals surface area contributed by atoms with Gasteiger partial charge in [0.05, 0.1) is 17.1 Å². The number of aromatic nitrogens is 2. The molecule has 31 heavy (non-hydrogen) atoms. The highest BCUT2D eigenvalue weighted by Gasteiger charge is 2.31. The van der Waals surface area contributed by atoms with Crippen molar-refractivity contribution < 1.29 is 22.7 Å². The van der Waals surface area contributed by atoms with E-state index >= 15 is 0 Å². The number of hydrogen-bond acceptors (Lipinski definition) is 4. The Bertz CT molecular complexity index is 1320. The highest BCUT2D eigenvalue weighted by Crippen LogP contribution is 2.31. The van der Waals surface area contributed by atoms with E-state index in [0.717, 1.165) is 0 Å². The summed E-state index contributed by atoms with van der Waals surface area (Å²) < 4.78 is 41.4. The second-order valence-corrected chi connectivity index (χ2v) is 6.55. The van der Waals surface area contributed by atoms with Crippen LogP contribution in [0.1, 0.15) is 15.9 Å². The normalized spacial score (nSPS) is 11.2. The van der Waals surface area contributed by atoms with Gasteiger partial charge in [0.2, 0.25) is 0 Å². The van der Waals surface area contributed by atoms with Crippen LogP contribution in [-0.4, -0.2) is 22.5 Å². The van der Waals surface area contributed by atoms with E-state index in [0.29, 0.717) is 39.0 Å². The molecule has 154 valence electrons. The van der Waals surface area contributed by atoms with Crippen LogP contribution in [0.2, 0.25) is 0 Å². The molecule has 0 fully saturated rings. The molecule has 0 saturated heterocycles. The quantitative estimate of drug-likeness (QED) is 0.470. The SMILES string of the molecule is N#Cc1cccc(C(=O)Nc2n[nH]c3cc(-c4cccc(OC(F)(F)F)c4)ccc23)c1. The van der Waals surface area contributed by atoms with E-state index in [-0.39, 0.29) is 5.75 Å². The van der Waals surface area contributed by atoms with Gasteiger partial charge >= 0.3 is 6.36 Å². The molecule has 0 saturated carbocycles. The van der Waals surface area contributed by atoms with Gasteiger partial charge in [0.25, 0.3) is 5.91 Å². The molecule has 0 radical (unpaired) electrons. The molecular weight excluding hydrogens is 409 g/mol. The van der Waals surface area contributed by atoms with Crippen LogP contribution in [0.5, 0.6) is 5.75 Å². The van der Waals surface area contributed by atoms with Gasteiger partial charge in [-0.3, -0.25) is 9.89 Å². The van der Waals surface area contributed by atoms with E-state index in [2.05, 4.69) is 20.3 Å². The first-order chi connectivity index (χ1) is 14.8. The number of ether oxygens (including phenoxy) is 1. The van der Waals surface area contributed by atoms with Gasteiger partial charge in [0.1, 0.15) is 5.75 Å². The standard InChI is InChI=1S/C22H13F3N4O2/c23-22(24,25)31-17-6-2-4-14(10-17)15-7-8-18-19(11-15)28-29-20(18)27-21(30)16-5-1-3-13(9-16)12-26/h1-11H,(H2,27,28,29,30). The Morgan fingerprint density at radius 1 is 1.03 bits per heavy atom. The molecular formula is C22H13F3N4O2. The number of rotatable bonds is 4. The Balaban J connectivity index is 1.59. The van der Waals surface area contributed by atoms with Gasteiger partial charge in [0.15, 0.2) is 5.82 Å². The molecule has 9 heteroatoms. The average molecular weight is 422 g/mol. The van der Waals surface area contributed by atoms with E-state index in [1.807, 2.05) is 6.07 Å². The summed E-state index contributed by atoms with van der Waals surface area (Å²) in [7, 11) is 0. The number of benzene rings is 3. The number of halogens is 3. The molecule has 0 unspecified atom stereocenters. The second kappa shape index (κ2) is 7.84. The second-order valence-electron chi connectivity index (χ2n) is 6.55. The molecule has 2 N–H and O–H groups in total. The first-order valence-corrected chi connectivity index (χ1v) is 8.98. The summed E-state index contributed by atoms with van der Waals surface area (Å²) in [6, 6.07) is 19.0. The lowest BCUT2D eigenvalue weighted by Crippen LogP contribution is -2.17. The Morgan fingerprint density at radius 3 is 2.58 bits per heavy atom. The monoisotopic (exact) mass is 422 g/mol. The van der Waals surface area contributed by atoms with Gasteiger partial charge in [-0.25, -0.2) is 0 Å². The lowest BCUT2D eigenvalue weighted by molar-refractivity contribution is -0.274. The summed E-state index contributed by atoms with van der Waals surface area (Å²) in [6.07, 6.45) is -4.77. The van der Waals surface area contributed by atoms with Crippen molar-refractivity contribution in [3.8, 4) is 22.9 Å². The predicted molar refractivity (Wildman–Crippen MR) is 107 cm³/mol. The predicted octanol–water partition coefficient (Wildman–Crippen LogP) is 5.25. The fourth-order valence-corrected chi connectivity index (χ4v) is 3.08. The average Bonchev–Trinajstić information content (AvgIpc) is 3.14. The van der Waals surface area contributed by atoms with Crippen LogP contribution < -0.4 is 10.1 Å². The topological polar surface area (TPSA) is 90.8 Å². The zero-order valence-electron chi connectivity index (χ0n) is 15.7. The minimum Gasteiger partial charge on any atom is -0.406 e. The number of nitriles is 1. The fourth-order valence-electron chi connectivity index (χ4n) is 3.08. The van der Waals surface area contributed by atoms with E-state index in [4.69, 9.17) is 5.26 Å². The maximum atomic E-state index is 12.5. The van der Waals surface area contributed by atoms with E-state index in [1.54, 1.807) is 42.5 Å². The Kier molecular flexibility index (Phi) is 5.05. The zero-order valence-corrected chi connectivity index (χ0v) is 15.7. The molecule has 4 rings (SSSR count). The summed E-state index contributed by atoms with van der Waals surface area (Å²) in [4.78, 5) is 12.5. The molecule has 1 heterocycles. The van der Waals surface area contributed by atoms with Crippen molar-refractivity contribution in [2.45, 2.75) is 6.36 Å². The van der Waals surface area contributed by atoms with Crippen molar-refractivity contribution in [3.63, 3.8) is 0 Å². The van der Waals surface area contributed by atoms with Crippen LogP contribution in [-0.2, 0) is 0 Å². The van der Waals surface area contributed by atoms with Crippen molar-refractivity contribution in [2.24, 2.45) is 0 Å². The lowest BCUT2D eigenvalue weighted by Gasteiger charge is -2.10. The lowest BCUT2D eigenvalue weighted by atomic mass is 10.0. The maximum absolute atomic E-state index is 12.5. The third kappa shape index (κ3) is 4.48. The van der Waals surface area contributed by atoms with Gasteiger partial charge in [-0.05, 0) is 53.6 Å². The highest BCUT2D eigenvalue weighted by atomic mass is 19.4. The zero-order chi connectivity index (χ0) is 22.0. The molecule has 4 aromatic rings. The van der Waals surface area contributed by atoms with Crippen LogP contribution in [0.15, 0.2) is 66.7 Å². The third-order valence-electron chi connectivity index (χ3n) is 4.45. The van der Waals surface area contributed by atoms with Crippen LogP contribution >= 0.6 is 0 Å². The minimum absolute atomic E-state index is 0.295. The molecule has 0 aliphatic carbocycles. The number of hydrogen-bond donors (Lipinski definition) is 2. The minimum atomic E-state index is -4.77. The van der Waals surface area contributed by atoms with E-state index < -0.39 is 12.3 Å². The summed E-state index contributed by atoms with van der Waals surface area (Å²) in [6.45, 7) is 0. The third-order valence-corrected chi connectivity index (χ3v) is 4.45. The number of nitrogens with zero attached hydrogens (tertiary/aromatic N) is 2. The van der Waals surface area contributed by atoms with Crippen molar-refractivity contribution >= 4 is 22.6 Å². The number of anilines is 1. The maximum Gasteiger partial charge on any atom is 0.573 e. The summed E-state index contributed by atoms with van der Waals surface area (Å²) >= 11 is 0. The number of carbonyl (C=O) groups excluding carboxylic acids is 1. The van der Waals surface area contributed by atoms with Crippen LogP contribution in [0.4, 0.5) is 19.0 Å². The van der Waals surface area contributed by atoms with Gasteiger partial charge in [0, 0.05) is 10.9 Å². The highest BCUT2D eigenvalue weighted by molar-refractivity contribution is 6.08. The molecule has 0 aliphatic heterocycles. The van der Waals surface area contributed by atoms with Gasteiger partial charge in [-0.2, -0.15) is 10.4 Å². The smallest absolute Gasteiger partial charge is 0.406 e. The summed E-state index contributed by atoms with van der Waals surface area (Å²) in [5, 5.41) is 19.2. The molecule has 1 amide bonds.